The predicted octanol–water partition coefficient (Wildman–Crippen LogP) is 5.80. The van der Waals surface area contributed by atoms with E-state index in [1.807, 2.05) is 54.6 Å². The summed E-state index contributed by atoms with van der Waals surface area (Å²) in [6.45, 7) is 6.36. The van der Waals surface area contributed by atoms with Gasteiger partial charge in [-0.2, -0.15) is 0 Å². The molecule has 0 amide bonds. The second-order valence-electron chi connectivity index (χ2n) is 9.74. The van der Waals surface area contributed by atoms with Crippen LogP contribution in [0.15, 0.2) is 60.9 Å². The fourth-order valence-corrected chi connectivity index (χ4v) is 4.34. The van der Waals surface area contributed by atoms with Gasteiger partial charge >= 0.3 is 5.97 Å². The Balaban J connectivity index is 1.14. The highest BCUT2D eigenvalue weighted by Gasteiger charge is 2.50. The van der Waals surface area contributed by atoms with Gasteiger partial charge in [0.05, 0.1) is 32.7 Å². The van der Waals surface area contributed by atoms with Crippen molar-refractivity contribution in [3.05, 3.63) is 72.0 Å². The summed E-state index contributed by atoms with van der Waals surface area (Å²) in [5, 5.41) is 0. The van der Waals surface area contributed by atoms with E-state index in [9.17, 15) is 4.79 Å². The van der Waals surface area contributed by atoms with Crippen LogP contribution in [0.25, 0.3) is 12.2 Å². The van der Waals surface area contributed by atoms with E-state index in [2.05, 4.69) is 13.8 Å². The van der Waals surface area contributed by atoms with Crippen LogP contribution in [0.4, 0.5) is 0 Å². The van der Waals surface area contributed by atoms with E-state index in [0.29, 0.717) is 13.2 Å². The predicted molar refractivity (Wildman–Crippen MR) is 152 cm³/mol. The quantitative estimate of drug-likeness (QED) is 0.0850. The number of esters is 1. The van der Waals surface area contributed by atoms with Gasteiger partial charge in [-0.1, -0.05) is 51.0 Å². The van der Waals surface area contributed by atoms with Gasteiger partial charge in [-0.3, -0.25) is 0 Å². The minimum atomic E-state index is -0.486. The van der Waals surface area contributed by atoms with Crippen LogP contribution in [0.5, 0.6) is 11.5 Å². The summed E-state index contributed by atoms with van der Waals surface area (Å²) in [7, 11) is 0. The average Bonchev–Trinajstić information content (AvgIpc) is 3.56. The minimum Gasteiger partial charge on any atom is -0.494 e. The second-order valence-corrected chi connectivity index (χ2v) is 9.74. The maximum absolute atomic E-state index is 12.4. The van der Waals surface area contributed by atoms with Crippen molar-refractivity contribution in [2.24, 2.45) is 0 Å². The Morgan fingerprint density at radius 1 is 0.800 bits per heavy atom. The highest BCUT2D eigenvalue weighted by Crippen LogP contribution is 2.30. The molecule has 0 radical (unpaired) electrons. The first-order valence-electron chi connectivity index (χ1n) is 14.1. The summed E-state index contributed by atoms with van der Waals surface area (Å²) in [5.41, 5.74) is 1.88. The number of hydrogen-bond donors (Lipinski definition) is 0. The Morgan fingerprint density at radius 3 is 1.95 bits per heavy atom. The number of carbonyl (C=O) groups excluding carboxylic acids is 1. The lowest BCUT2D eigenvalue weighted by Gasteiger charge is -2.16. The molecular formula is C32H40O8. The summed E-state index contributed by atoms with van der Waals surface area (Å²) in [5.74, 6) is 1.23. The lowest BCUT2D eigenvalue weighted by molar-refractivity contribution is -0.147. The summed E-state index contributed by atoms with van der Waals surface area (Å²) in [6.07, 6.45) is 9.39. The van der Waals surface area contributed by atoms with Crippen molar-refractivity contribution in [2.75, 3.05) is 33.2 Å². The molecule has 0 aliphatic carbocycles. The van der Waals surface area contributed by atoms with Crippen LogP contribution in [0.3, 0.4) is 0 Å². The summed E-state index contributed by atoms with van der Waals surface area (Å²) in [6, 6.07) is 15.4. The molecule has 2 aromatic rings. The monoisotopic (exact) mass is 552 g/mol. The Kier molecular flexibility index (Phi) is 11.9. The molecule has 4 atom stereocenters. The highest BCUT2D eigenvalue weighted by atomic mass is 16.7. The van der Waals surface area contributed by atoms with E-state index in [-0.39, 0.29) is 31.7 Å². The topological polar surface area (TPSA) is 81.7 Å². The average molecular weight is 553 g/mol. The van der Waals surface area contributed by atoms with Gasteiger partial charge < -0.3 is 33.2 Å². The largest absolute Gasteiger partial charge is 0.494 e. The molecule has 0 unspecified atom stereocenters. The molecule has 4 rings (SSSR count). The van der Waals surface area contributed by atoms with Crippen molar-refractivity contribution in [3.63, 3.8) is 0 Å². The second kappa shape index (κ2) is 16.1. The number of benzene rings is 2. The van der Waals surface area contributed by atoms with Gasteiger partial charge in [-0.05, 0) is 60.4 Å². The Labute approximate surface area is 236 Å². The fourth-order valence-electron chi connectivity index (χ4n) is 4.34. The van der Waals surface area contributed by atoms with Crippen LogP contribution in [-0.4, -0.2) is 63.6 Å². The summed E-state index contributed by atoms with van der Waals surface area (Å²) < 4.78 is 40.0. The molecule has 0 saturated carbocycles. The number of rotatable bonds is 16. The van der Waals surface area contributed by atoms with Crippen molar-refractivity contribution in [1.82, 2.24) is 0 Å². The maximum atomic E-state index is 12.4. The zero-order valence-electron chi connectivity index (χ0n) is 23.4. The van der Waals surface area contributed by atoms with Crippen molar-refractivity contribution in [1.29, 1.82) is 0 Å². The number of unbranched alkanes of at least 4 members (excludes halogenated alkanes) is 2. The number of hydrogen-bond acceptors (Lipinski definition) is 8. The van der Waals surface area contributed by atoms with Gasteiger partial charge in [0.15, 0.2) is 12.9 Å². The fraction of sp³-hybridized carbons (Fsp3) is 0.469. The number of carbonyl (C=O) groups is 1. The van der Waals surface area contributed by atoms with Crippen molar-refractivity contribution < 1.29 is 38.0 Å². The molecule has 2 saturated heterocycles. The minimum absolute atomic E-state index is 0.0605. The molecule has 2 heterocycles. The molecule has 8 heteroatoms. The first-order valence-corrected chi connectivity index (χ1v) is 14.1. The van der Waals surface area contributed by atoms with E-state index in [4.69, 9.17) is 33.2 Å². The third-order valence-electron chi connectivity index (χ3n) is 6.64. The van der Waals surface area contributed by atoms with E-state index in [0.717, 1.165) is 54.9 Å². The molecule has 2 aliphatic heterocycles. The number of ether oxygens (including phenoxy) is 7. The van der Waals surface area contributed by atoms with Crippen LogP contribution >= 0.6 is 0 Å². The molecule has 40 heavy (non-hydrogen) atoms. The molecular weight excluding hydrogens is 512 g/mol. The zero-order valence-corrected chi connectivity index (χ0v) is 23.4. The zero-order chi connectivity index (χ0) is 28.0. The van der Waals surface area contributed by atoms with Crippen LogP contribution < -0.4 is 9.47 Å². The van der Waals surface area contributed by atoms with E-state index < -0.39 is 12.1 Å². The lowest BCUT2D eigenvalue weighted by atomic mass is 10.1. The number of fused-ring (bicyclic) bond motifs is 1. The van der Waals surface area contributed by atoms with Crippen LogP contribution in [-0.2, 0) is 28.5 Å². The molecule has 0 aromatic heterocycles. The van der Waals surface area contributed by atoms with Crippen molar-refractivity contribution in [2.45, 2.75) is 63.9 Å². The first kappa shape index (κ1) is 29.6. The standard InChI is InChI=1S/C32H40O8/c1-3-5-18-35-26-12-7-24(8-13-26)11-16-30(33)40-29-22-38-31-28(21-37-32(29)31)39-23-34-20-17-25-9-14-27(15-10-25)36-19-6-4-2/h7-17,20,28-29,31-32H,3-6,18-19,21-23H2,1-2H3/b16-11+,20-17+/t28-,29-,31-,32-/m1/s1. The molecule has 0 N–H and O–H groups in total. The smallest absolute Gasteiger partial charge is 0.331 e. The van der Waals surface area contributed by atoms with Gasteiger partial charge in [0, 0.05) is 6.08 Å². The van der Waals surface area contributed by atoms with E-state index in [1.165, 1.54) is 6.08 Å². The van der Waals surface area contributed by atoms with Crippen LogP contribution in [0.1, 0.15) is 50.7 Å². The van der Waals surface area contributed by atoms with E-state index >= 15 is 0 Å². The summed E-state index contributed by atoms with van der Waals surface area (Å²) >= 11 is 0. The van der Waals surface area contributed by atoms with Crippen molar-refractivity contribution in [3.8, 4) is 11.5 Å². The molecule has 2 aliphatic rings. The third kappa shape index (κ3) is 9.11. The summed E-state index contributed by atoms with van der Waals surface area (Å²) in [4.78, 5) is 12.4. The lowest BCUT2D eigenvalue weighted by Crippen LogP contribution is -2.35. The maximum Gasteiger partial charge on any atom is 0.331 e. The molecule has 0 bridgehead atoms. The van der Waals surface area contributed by atoms with Gasteiger partial charge in [0.2, 0.25) is 0 Å². The molecule has 216 valence electrons. The molecule has 2 fully saturated rings. The molecule has 0 spiro atoms. The Bertz CT molecular complexity index is 1080. The van der Waals surface area contributed by atoms with Crippen LogP contribution in [0, 0.1) is 0 Å². The SMILES string of the molecule is CCCCOc1ccc(/C=C/OCO[C@@H]2CO[C@H]3[C@@H]2OC[C@H]3OC(=O)/C=C/c2ccc(OCCCC)cc2)cc1. The first-order chi connectivity index (χ1) is 19.7. The van der Waals surface area contributed by atoms with Crippen LogP contribution in [0.2, 0.25) is 0 Å². The van der Waals surface area contributed by atoms with Gasteiger partial charge in [0.25, 0.3) is 0 Å². The molecule has 2 aromatic carbocycles. The van der Waals surface area contributed by atoms with E-state index in [1.54, 1.807) is 12.3 Å². The van der Waals surface area contributed by atoms with Gasteiger partial charge in [-0.25, -0.2) is 4.79 Å². The third-order valence-corrected chi connectivity index (χ3v) is 6.64. The van der Waals surface area contributed by atoms with Gasteiger partial charge in [0.1, 0.15) is 29.8 Å². The Morgan fingerprint density at radius 2 is 1.35 bits per heavy atom. The van der Waals surface area contributed by atoms with Gasteiger partial charge in [-0.15, -0.1) is 0 Å². The molecule has 8 nitrogen and oxygen atoms in total. The highest BCUT2D eigenvalue weighted by molar-refractivity contribution is 5.87. The Hall–Kier alpha value is -3.33. The normalized spacial score (nSPS) is 22.1. The van der Waals surface area contributed by atoms with Crippen molar-refractivity contribution >= 4 is 18.1 Å².